The van der Waals surface area contributed by atoms with E-state index in [-0.39, 0.29) is 0 Å². The van der Waals surface area contributed by atoms with Crippen LogP contribution in [-0.2, 0) is 13.1 Å². The maximum atomic E-state index is 4.04. The summed E-state index contributed by atoms with van der Waals surface area (Å²) >= 11 is 0. The van der Waals surface area contributed by atoms with Crippen LogP contribution in [0.2, 0.25) is 0 Å². The Morgan fingerprint density at radius 2 is 1.55 bits per heavy atom. The molecule has 29 heavy (non-hydrogen) atoms. The molecule has 0 saturated heterocycles. The van der Waals surface area contributed by atoms with E-state index in [9.17, 15) is 0 Å². The number of aromatic nitrogens is 1. The van der Waals surface area contributed by atoms with Crippen LogP contribution in [0, 0.1) is 30.6 Å². The Morgan fingerprint density at radius 3 is 2.28 bits per heavy atom. The Bertz CT molecular complexity index is 985. The maximum absolute atomic E-state index is 4.04. The first-order valence-corrected chi connectivity index (χ1v) is 11.6. The zero-order valence-electron chi connectivity index (χ0n) is 17.5. The van der Waals surface area contributed by atoms with Gasteiger partial charge in [0.1, 0.15) is 0 Å². The number of fused-ring (bicyclic) bond motifs is 1. The summed E-state index contributed by atoms with van der Waals surface area (Å²) in [6.07, 6.45) is 9.87. The molecule has 0 radical (unpaired) electrons. The van der Waals surface area contributed by atoms with Crippen LogP contribution in [0.5, 0.6) is 0 Å². The smallest absolute Gasteiger partial charge is 0.0486 e. The van der Waals surface area contributed by atoms with Gasteiger partial charge in [0.25, 0.3) is 0 Å². The van der Waals surface area contributed by atoms with Gasteiger partial charge in [-0.25, -0.2) is 0 Å². The predicted molar refractivity (Wildman–Crippen MR) is 120 cm³/mol. The molecule has 1 N–H and O–H groups in total. The third-order valence-corrected chi connectivity index (χ3v) is 8.10. The number of para-hydroxylation sites is 1. The third-order valence-electron chi connectivity index (χ3n) is 8.10. The highest BCUT2D eigenvalue weighted by molar-refractivity contribution is 5.84. The summed E-state index contributed by atoms with van der Waals surface area (Å²) in [4.78, 5) is 0. The monoisotopic (exact) mass is 384 g/mol. The Hall–Kier alpha value is -2.06. The number of nitrogens with zero attached hydrogens (tertiary/aromatic N) is 1. The van der Waals surface area contributed by atoms with Crippen molar-refractivity contribution in [3.8, 4) is 0 Å². The molecular weight excluding hydrogens is 352 g/mol. The highest BCUT2D eigenvalue weighted by Crippen LogP contribution is 2.53. The van der Waals surface area contributed by atoms with E-state index >= 15 is 0 Å². The van der Waals surface area contributed by atoms with E-state index in [2.05, 4.69) is 71.5 Å². The van der Waals surface area contributed by atoms with Gasteiger partial charge in [0.15, 0.2) is 0 Å². The van der Waals surface area contributed by atoms with Gasteiger partial charge in [-0.1, -0.05) is 48.0 Å². The highest BCUT2D eigenvalue weighted by atomic mass is 15.0. The van der Waals surface area contributed by atoms with E-state index in [1.54, 1.807) is 0 Å². The summed E-state index contributed by atoms with van der Waals surface area (Å²) in [5, 5.41) is 5.46. The van der Waals surface area contributed by atoms with Gasteiger partial charge >= 0.3 is 0 Å². The lowest BCUT2D eigenvalue weighted by molar-refractivity contribution is -0.0142. The Morgan fingerprint density at radius 1 is 0.862 bits per heavy atom. The first-order valence-electron chi connectivity index (χ1n) is 11.6. The maximum Gasteiger partial charge on any atom is 0.0486 e. The largest absolute Gasteiger partial charge is 0.343 e. The SMILES string of the molecule is Cc1ccc(Cn2cc(CNC3C4CC5CC(C4)CC3C5)c3ccccc32)cc1. The molecule has 150 valence electrons. The summed E-state index contributed by atoms with van der Waals surface area (Å²) in [5.41, 5.74) is 5.51. The number of aryl methyl sites for hydroxylation is 1. The molecule has 4 bridgehead atoms. The molecule has 2 heteroatoms. The van der Waals surface area contributed by atoms with Crippen LogP contribution in [-0.4, -0.2) is 10.6 Å². The van der Waals surface area contributed by atoms with E-state index in [4.69, 9.17) is 0 Å². The van der Waals surface area contributed by atoms with Crippen LogP contribution in [0.3, 0.4) is 0 Å². The molecule has 3 aromatic rings. The van der Waals surface area contributed by atoms with Crippen LogP contribution < -0.4 is 5.32 Å². The predicted octanol–water partition coefficient (Wildman–Crippen LogP) is 5.91. The number of nitrogens with one attached hydrogen (secondary N) is 1. The lowest BCUT2D eigenvalue weighted by atomic mass is 9.54. The molecule has 0 unspecified atom stereocenters. The lowest BCUT2D eigenvalue weighted by Crippen LogP contribution is -2.54. The summed E-state index contributed by atoms with van der Waals surface area (Å²) in [5.74, 6) is 3.97. The number of hydrogen-bond donors (Lipinski definition) is 1. The van der Waals surface area contributed by atoms with Crippen LogP contribution in [0.1, 0.15) is 48.8 Å². The number of hydrogen-bond acceptors (Lipinski definition) is 1. The fourth-order valence-corrected chi connectivity index (χ4v) is 6.97. The molecule has 1 aromatic heterocycles. The van der Waals surface area contributed by atoms with Gasteiger partial charge in [-0.2, -0.15) is 0 Å². The van der Waals surface area contributed by atoms with E-state index in [0.717, 1.165) is 42.8 Å². The average molecular weight is 385 g/mol. The van der Waals surface area contributed by atoms with Gasteiger partial charge in [0.05, 0.1) is 0 Å². The molecule has 4 aliphatic rings. The molecule has 0 amide bonds. The van der Waals surface area contributed by atoms with Gasteiger partial charge < -0.3 is 9.88 Å². The van der Waals surface area contributed by atoms with Gasteiger partial charge in [0.2, 0.25) is 0 Å². The van der Waals surface area contributed by atoms with Crippen LogP contribution in [0.4, 0.5) is 0 Å². The Balaban J connectivity index is 1.24. The van der Waals surface area contributed by atoms with Crippen molar-refractivity contribution < 1.29 is 0 Å². The first-order chi connectivity index (χ1) is 14.2. The second-order valence-electron chi connectivity index (χ2n) is 10.1. The van der Waals surface area contributed by atoms with Gasteiger partial charge in [0, 0.05) is 36.2 Å². The summed E-state index contributed by atoms with van der Waals surface area (Å²) in [6.45, 7) is 4.11. The van der Waals surface area contributed by atoms with Crippen molar-refractivity contribution >= 4 is 10.9 Å². The second-order valence-corrected chi connectivity index (χ2v) is 10.1. The van der Waals surface area contributed by atoms with Crippen molar-refractivity contribution in [2.24, 2.45) is 23.7 Å². The minimum Gasteiger partial charge on any atom is -0.343 e. The fourth-order valence-electron chi connectivity index (χ4n) is 6.97. The third kappa shape index (κ3) is 3.22. The van der Waals surface area contributed by atoms with Crippen molar-refractivity contribution in [3.05, 3.63) is 71.4 Å². The van der Waals surface area contributed by atoms with E-state index in [0.29, 0.717) is 0 Å². The fraction of sp³-hybridized carbons (Fsp3) is 0.481. The zero-order chi connectivity index (χ0) is 19.4. The minimum atomic E-state index is 0.752. The molecule has 0 atom stereocenters. The Labute approximate surface area is 174 Å². The van der Waals surface area contributed by atoms with E-state index < -0.39 is 0 Å². The van der Waals surface area contributed by atoms with Crippen molar-refractivity contribution in [1.29, 1.82) is 0 Å². The van der Waals surface area contributed by atoms with Crippen molar-refractivity contribution in [2.45, 2.75) is 58.2 Å². The van der Waals surface area contributed by atoms with Crippen LogP contribution in [0.25, 0.3) is 10.9 Å². The van der Waals surface area contributed by atoms with E-state index in [1.165, 1.54) is 59.7 Å². The molecule has 7 rings (SSSR count). The molecule has 1 heterocycles. The molecule has 2 nitrogen and oxygen atoms in total. The van der Waals surface area contributed by atoms with Gasteiger partial charge in [-0.15, -0.1) is 0 Å². The highest BCUT2D eigenvalue weighted by Gasteiger charge is 2.47. The van der Waals surface area contributed by atoms with Gasteiger partial charge in [-0.3, -0.25) is 0 Å². The molecular formula is C27H32N2. The van der Waals surface area contributed by atoms with Crippen LogP contribution in [0.15, 0.2) is 54.7 Å². The number of benzene rings is 2. The topological polar surface area (TPSA) is 17.0 Å². The minimum absolute atomic E-state index is 0.752. The average Bonchev–Trinajstić information content (AvgIpc) is 3.06. The molecule has 4 saturated carbocycles. The first kappa shape index (κ1) is 17.8. The standard InChI is InChI=1S/C27H32N2/c1-18-6-8-19(9-7-18)16-29-17-24(25-4-2-3-5-26(25)29)15-28-27-22-11-20-10-21(13-22)14-23(27)12-20/h2-9,17,20-23,27-28H,10-16H2,1H3. The second kappa shape index (κ2) is 7.02. The van der Waals surface area contributed by atoms with Crippen molar-refractivity contribution in [3.63, 3.8) is 0 Å². The van der Waals surface area contributed by atoms with Crippen LogP contribution >= 0.6 is 0 Å². The Kier molecular flexibility index (Phi) is 4.30. The quantitative estimate of drug-likeness (QED) is 0.578. The lowest BCUT2D eigenvalue weighted by Gasteiger charge is -2.54. The zero-order valence-corrected chi connectivity index (χ0v) is 17.5. The van der Waals surface area contributed by atoms with E-state index in [1.807, 2.05) is 0 Å². The normalized spacial score (nSPS) is 30.3. The summed E-state index contributed by atoms with van der Waals surface area (Å²) in [7, 11) is 0. The number of rotatable bonds is 5. The molecule has 4 aliphatic carbocycles. The molecule has 0 spiro atoms. The molecule has 0 aliphatic heterocycles. The summed E-state index contributed by atoms with van der Waals surface area (Å²) in [6, 6.07) is 18.6. The van der Waals surface area contributed by atoms with Gasteiger partial charge in [-0.05, 0) is 79.9 Å². The molecule has 2 aromatic carbocycles. The molecule has 4 fully saturated rings. The van der Waals surface area contributed by atoms with Crippen molar-refractivity contribution in [1.82, 2.24) is 9.88 Å². The van der Waals surface area contributed by atoms with Crippen molar-refractivity contribution in [2.75, 3.05) is 0 Å². The summed E-state index contributed by atoms with van der Waals surface area (Å²) < 4.78 is 2.44.